The van der Waals surface area contributed by atoms with Crippen LogP contribution in [-0.2, 0) is 4.79 Å². The van der Waals surface area contributed by atoms with Gasteiger partial charge in [-0.1, -0.05) is 38.5 Å². The first-order valence-corrected chi connectivity index (χ1v) is 7.52. The summed E-state index contributed by atoms with van der Waals surface area (Å²) in [7, 11) is 0. The number of amides is 1. The van der Waals surface area contributed by atoms with Crippen LogP contribution in [0.4, 0.5) is 0 Å². The molecular formula is C13H22N2O2S. The predicted octanol–water partition coefficient (Wildman–Crippen LogP) is 1.92. The molecule has 18 heavy (non-hydrogen) atoms. The number of carbonyl (C=O) groups excluding carboxylic acids is 1. The third-order valence-electron chi connectivity index (χ3n) is 4.08. The molecule has 0 spiro atoms. The van der Waals surface area contributed by atoms with E-state index < -0.39 is 4.75 Å². The van der Waals surface area contributed by atoms with Gasteiger partial charge in [0.05, 0.1) is 12.1 Å². The van der Waals surface area contributed by atoms with Crippen LogP contribution in [0.2, 0.25) is 0 Å². The van der Waals surface area contributed by atoms with E-state index in [0.29, 0.717) is 5.17 Å². The maximum absolute atomic E-state index is 12.0. The molecule has 0 aromatic heterocycles. The minimum atomic E-state index is -0.456. The molecule has 2 N–H and O–H groups in total. The maximum Gasteiger partial charge on any atom is 0.264 e. The van der Waals surface area contributed by atoms with Crippen LogP contribution >= 0.6 is 11.8 Å². The van der Waals surface area contributed by atoms with Crippen molar-refractivity contribution in [3.63, 3.8) is 0 Å². The van der Waals surface area contributed by atoms with Crippen LogP contribution in [0.15, 0.2) is 4.99 Å². The molecule has 0 bridgehead atoms. The molecule has 1 saturated carbocycles. The van der Waals surface area contributed by atoms with Crippen molar-refractivity contribution in [2.45, 2.75) is 63.3 Å². The zero-order valence-corrected chi connectivity index (χ0v) is 12.1. The lowest BCUT2D eigenvalue weighted by molar-refractivity contribution is -0.120. The first kappa shape index (κ1) is 13.9. The second kappa shape index (κ2) is 5.21. The standard InChI is InChI=1S/C13H22N2O2S/c1-8(2)13(3)11(17)15-12(18-13)14-9-6-4-5-7-10(9)16/h8-10,16H,4-7H2,1-3H3,(H,14,15,17)/t9-,10-,13?/m0/s1. The normalized spacial score (nSPS) is 36.9. The van der Waals surface area contributed by atoms with Gasteiger partial charge in [-0.2, -0.15) is 4.99 Å². The van der Waals surface area contributed by atoms with Gasteiger partial charge in [0.1, 0.15) is 4.75 Å². The number of carbonyl (C=O) groups is 1. The number of aliphatic hydroxyl groups is 1. The number of nitrogens with one attached hydrogen (secondary N) is 1. The fourth-order valence-electron chi connectivity index (χ4n) is 2.34. The molecule has 102 valence electrons. The Bertz CT molecular complexity index is 370. The second-order valence-electron chi connectivity index (χ2n) is 5.69. The van der Waals surface area contributed by atoms with Gasteiger partial charge >= 0.3 is 0 Å². The van der Waals surface area contributed by atoms with E-state index in [1.807, 2.05) is 20.8 Å². The fraction of sp³-hybridized carbons (Fsp3) is 0.846. The molecule has 2 aliphatic rings. The van der Waals surface area contributed by atoms with E-state index in [4.69, 9.17) is 0 Å². The minimum absolute atomic E-state index is 0.0484. The largest absolute Gasteiger partial charge is 0.391 e. The molecule has 1 aliphatic heterocycles. The van der Waals surface area contributed by atoms with Crippen LogP contribution in [0, 0.1) is 5.92 Å². The average Bonchev–Trinajstić information content (AvgIpc) is 2.59. The highest BCUT2D eigenvalue weighted by Gasteiger charge is 2.44. The first-order valence-electron chi connectivity index (χ1n) is 6.70. The van der Waals surface area contributed by atoms with Crippen molar-refractivity contribution in [3.8, 4) is 0 Å². The van der Waals surface area contributed by atoms with Crippen LogP contribution in [-0.4, -0.2) is 33.1 Å². The van der Waals surface area contributed by atoms with Gasteiger partial charge in [-0.15, -0.1) is 0 Å². The Morgan fingerprint density at radius 2 is 2.11 bits per heavy atom. The van der Waals surface area contributed by atoms with Gasteiger partial charge in [0.15, 0.2) is 5.17 Å². The van der Waals surface area contributed by atoms with E-state index in [2.05, 4.69) is 10.3 Å². The van der Waals surface area contributed by atoms with E-state index in [1.165, 1.54) is 11.8 Å². The molecule has 1 heterocycles. The predicted molar refractivity (Wildman–Crippen MR) is 74.7 cm³/mol. The first-order chi connectivity index (χ1) is 8.43. The molecule has 0 radical (unpaired) electrons. The van der Waals surface area contributed by atoms with Gasteiger partial charge in [-0.3, -0.25) is 4.79 Å². The second-order valence-corrected chi connectivity index (χ2v) is 7.13. The molecular weight excluding hydrogens is 248 g/mol. The van der Waals surface area contributed by atoms with Crippen molar-refractivity contribution in [3.05, 3.63) is 0 Å². The Balaban J connectivity index is 2.00. The van der Waals surface area contributed by atoms with Gasteiger partial charge in [0, 0.05) is 0 Å². The zero-order chi connectivity index (χ0) is 13.3. The van der Waals surface area contributed by atoms with Gasteiger partial charge in [-0.05, 0) is 25.7 Å². The lowest BCUT2D eigenvalue weighted by atomic mass is 9.93. The monoisotopic (exact) mass is 270 g/mol. The van der Waals surface area contributed by atoms with E-state index in [1.54, 1.807) is 0 Å². The van der Waals surface area contributed by atoms with Crippen LogP contribution in [0.1, 0.15) is 46.5 Å². The summed E-state index contributed by atoms with van der Waals surface area (Å²) in [6, 6.07) is 0.0484. The highest BCUT2D eigenvalue weighted by molar-refractivity contribution is 8.16. The van der Waals surface area contributed by atoms with Gasteiger partial charge in [0.25, 0.3) is 5.91 Å². The van der Waals surface area contributed by atoms with Crippen LogP contribution in [0.3, 0.4) is 0 Å². The molecule has 2 rings (SSSR count). The number of hydrogen-bond acceptors (Lipinski definition) is 4. The third kappa shape index (κ3) is 2.57. The summed E-state index contributed by atoms with van der Waals surface area (Å²) in [4.78, 5) is 16.1. The highest BCUT2D eigenvalue weighted by atomic mass is 32.2. The summed E-state index contributed by atoms with van der Waals surface area (Å²) >= 11 is 1.50. The van der Waals surface area contributed by atoms with E-state index in [9.17, 15) is 9.90 Å². The quantitative estimate of drug-likeness (QED) is 0.805. The van der Waals surface area contributed by atoms with Crippen LogP contribution in [0.25, 0.3) is 0 Å². The fourth-order valence-corrected chi connectivity index (χ4v) is 3.44. The highest BCUT2D eigenvalue weighted by Crippen LogP contribution is 2.39. The van der Waals surface area contributed by atoms with E-state index in [-0.39, 0.29) is 24.0 Å². The van der Waals surface area contributed by atoms with Crippen LogP contribution < -0.4 is 5.32 Å². The molecule has 1 aliphatic carbocycles. The average molecular weight is 270 g/mol. The number of rotatable bonds is 2. The Labute approximate surface area is 113 Å². The maximum atomic E-state index is 12.0. The summed E-state index contributed by atoms with van der Waals surface area (Å²) in [5.41, 5.74) is 0. The number of amidine groups is 1. The molecule has 0 saturated heterocycles. The number of aliphatic imine (C=N–C) groups is 1. The summed E-state index contributed by atoms with van der Waals surface area (Å²) in [5, 5.41) is 13.9. The summed E-state index contributed by atoms with van der Waals surface area (Å²) in [5.74, 6) is 0.185. The molecule has 0 aromatic carbocycles. The van der Waals surface area contributed by atoms with Crippen molar-refractivity contribution in [1.29, 1.82) is 0 Å². The Morgan fingerprint density at radius 3 is 2.67 bits per heavy atom. The number of aliphatic hydroxyl groups excluding tert-OH is 1. The van der Waals surface area contributed by atoms with E-state index >= 15 is 0 Å². The molecule has 1 fully saturated rings. The third-order valence-corrected chi connectivity index (χ3v) is 5.55. The summed E-state index contributed by atoms with van der Waals surface area (Å²) < 4.78 is -0.456. The van der Waals surface area contributed by atoms with Crippen molar-refractivity contribution >= 4 is 22.8 Å². The van der Waals surface area contributed by atoms with E-state index in [0.717, 1.165) is 25.7 Å². The topological polar surface area (TPSA) is 61.7 Å². The smallest absolute Gasteiger partial charge is 0.264 e. The van der Waals surface area contributed by atoms with Crippen molar-refractivity contribution in [2.24, 2.45) is 10.9 Å². The van der Waals surface area contributed by atoms with Crippen molar-refractivity contribution in [2.75, 3.05) is 0 Å². The summed E-state index contributed by atoms with van der Waals surface area (Å²) in [6.45, 7) is 6.03. The molecule has 0 aromatic rings. The van der Waals surface area contributed by atoms with Gasteiger partial charge in [0.2, 0.25) is 0 Å². The van der Waals surface area contributed by atoms with Gasteiger partial charge < -0.3 is 10.4 Å². The Kier molecular flexibility index (Phi) is 4.02. The Morgan fingerprint density at radius 1 is 1.44 bits per heavy atom. The van der Waals surface area contributed by atoms with Gasteiger partial charge in [-0.25, -0.2) is 0 Å². The van der Waals surface area contributed by atoms with Crippen molar-refractivity contribution in [1.82, 2.24) is 5.32 Å². The zero-order valence-electron chi connectivity index (χ0n) is 11.3. The lowest BCUT2D eigenvalue weighted by Gasteiger charge is -2.30. The SMILES string of the molecule is CC(C)C1(C)SC(N[C@H]2CCCC[C@@H]2O)=NC1=O. The molecule has 1 amide bonds. The van der Waals surface area contributed by atoms with Crippen LogP contribution in [0.5, 0.6) is 0 Å². The Hall–Kier alpha value is -0.550. The molecule has 3 atom stereocenters. The number of nitrogens with zero attached hydrogens (tertiary/aromatic N) is 1. The number of thioether (sulfide) groups is 1. The molecule has 5 heteroatoms. The van der Waals surface area contributed by atoms with Crippen molar-refractivity contribution < 1.29 is 9.90 Å². The molecule has 4 nitrogen and oxygen atoms in total. The lowest BCUT2D eigenvalue weighted by Crippen LogP contribution is -2.44. The summed E-state index contributed by atoms with van der Waals surface area (Å²) in [6.07, 6.45) is 3.69. The minimum Gasteiger partial charge on any atom is -0.391 e. The molecule has 1 unspecified atom stereocenters. The number of hydrogen-bond donors (Lipinski definition) is 2.